The molecule has 120 valence electrons. The molecule has 0 aliphatic carbocycles. The minimum absolute atomic E-state index is 0.0946. The summed E-state index contributed by atoms with van der Waals surface area (Å²) >= 11 is 3.37. The molecule has 0 saturated heterocycles. The number of hydrogen-bond donors (Lipinski definition) is 2. The minimum Gasteiger partial charge on any atom is -0.350 e. The maximum absolute atomic E-state index is 4.67. The zero-order chi connectivity index (χ0) is 16.2. The molecule has 0 atom stereocenters. The Kier molecular flexibility index (Phi) is 5.52. The normalized spacial score (nSPS) is 12.5. The van der Waals surface area contributed by atoms with Gasteiger partial charge in [-0.05, 0) is 6.92 Å². The van der Waals surface area contributed by atoms with Gasteiger partial charge in [-0.3, -0.25) is 4.99 Å². The SMILES string of the molecule is CN=C(NCc1nc(C(C)(C)C)cs1)NCc1ncc(C)s1. The standard InChI is InChI=1S/C15H23N5S2/c1-10-6-17-12(22-10)7-18-14(16-5)19-8-13-20-11(9-21-13)15(2,3)4/h6,9H,7-8H2,1-5H3,(H2,16,18,19). The van der Waals surface area contributed by atoms with Gasteiger partial charge in [-0.2, -0.15) is 0 Å². The zero-order valence-electron chi connectivity index (χ0n) is 13.7. The summed E-state index contributed by atoms with van der Waals surface area (Å²) in [6.45, 7) is 9.95. The maximum Gasteiger partial charge on any atom is 0.191 e. The fraction of sp³-hybridized carbons (Fsp3) is 0.533. The monoisotopic (exact) mass is 337 g/mol. The van der Waals surface area contributed by atoms with E-state index < -0.39 is 0 Å². The Morgan fingerprint density at radius 1 is 1.23 bits per heavy atom. The van der Waals surface area contributed by atoms with E-state index in [4.69, 9.17) is 0 Å². The number of aromatic nitrogens is 2. The van der Waals surface area contributed by atoms with E-state index in [1.165, 1.54) is 4.88 Å². The molecular formula is C15H23N5S2. The van der Waals surface area contributed by atoms with Crippen molar-refractivity contribution in [1.82, 2.24) is 20.6 Å². The molecule has 2 heterocycles. The van der Waals surface area contributed by atoms with E-state index in [-0.39, 0.29) is 5.41 Å². The van der Waals surface area contributed by atoms with Gasteiger partial charge in [0.2, 0.25) is 0 Å². The van der Waals surface area contributed by atoms with E-state index in [9.17, 15) is 0 Å². The second-order valence-electron chi connectivity index (χ2n) is 6.02. The first kappa shape index (κ1) is 16.9. The first-order valence-electron chi connectivity index (χ1n) is 7.19. The van der Waals surface area contributed by atoms with Crippen LogP contribution in [0.3, 0.4) is 0 Å². The molecule has 2 N–H and O–H groups in total. The van der Waals surface area contributed by atoms with Crippen molar-refractivity contribution in [2.45, 2.75) is 46.2 Å². The van der Waals surface area contributed by atoms with Gasteiger partial charge < -0.3 is 10.6 Å². The minimum atomic E-state index is 0.0946. The van der Waals surface area contributed by atoms with Crippen molar-refractivity contribution in [3.63, 3.8) is 0 Å². The van der Waals surface area contributed by atoms with Gasteiger partial charge in [-0.1, -0.05) is 20.8 Å². The van der Waals surface area contributed by atoms with Crippen LogP contribution in [0.1, 0.15) is 41.4 Å². The van der Waals surface area contributed by atoms with Crippen LogP contribution < -0.4 is 10.6 Å². The van der Waals surface area contributed by atoms with Gasteiger partial charge in [0.15, 0.2) is 5.96 Å². The quantitative estimate of drug-likeness (QED) is 0.665. The molecule has 0 radical (unpaired) electrons. The molecule has 0 aliphatic rings. The van der Waals surface area contributed by atoms with Gasteiger partial charge >= 0.3 is 0 Å². The van der Waals surface area contributed by atoms with Crippen LogP contribution in [0, 0.1) is 6.92 Å². The largest absolute Gasteiger partial charge is 0.350 e. The Balaban J connectivity index is 1.85. The molecule has 0 fully saturated rings. The van der Waals surface area contributed by atoms with Crippen LogP contribution in [-0.4, -0.2) is 23.0 Å². The topological polar surface area (TPSA) is 62.2 Å². The van der Waals surface area contributed by atoms with E-state index in [1.807, 2.05) is 6.20 Å². The smallest absolute Gasteiger partial charge is 0.191 e. The van der Waals surface area contributed by atoms with Gasteiger partial charge in [0.05, 0.1) is 18.8 Å². The van der Waals surface area contributed by atoms with Gasteiger partial charge in [-0.25, -0.2) is 9.97 Å². The van der Waals surface area contributed by atoms with Crippen LogP contribution >= 0.6 is 22.7 Å². The average molecular weight is 338 g/mol. The lowest BCUT2D eigenvalue weighted by Gasteiger charge is -2.14. The maximum atomic E-state index is 4.67. The van der Waals surface area contributed by atoms with Crippen molar-refractivity contribution in [3.05, 3.63) is 32.2 Å². The van der Waals surface area contributed by atoms with Crippen molar-refractivity contribution >= 4 is 28.6 Å². The van der Waals surface area contributed by atoms with Crippen LogP contribution in [0.2, 0.25) is 0 Å². The van der Waals surface area contributed by atoms with E-state index in [0.29, 0.717) is 13.1 Å². The summed E-state index contributed by atoms with van der Waals surface area (Å²) in [7, 11) is 1.77. The fourth-order valence-electron chi connectivity index (χ4n) is 1.76. The molecule has 2 aromatic heterocycles. The summed E-state index contributed by atoms with van der Waals surface area (Å²) in [5, 5.41) is 10.8. The third kappa shape index (κ3) is 4.78. The molecule has 0 aromatic carbocycles. The molecule has 0 spiro atoms. The van der Waals surface area contributed by atoms with Gasteiger partial charge in [0.25, 0.3) is 0 Å². The fourth-order valence-corrected chi connectivity index (χ4v) is 3.45. The lowest BCUT2D eigenvalue weighted by Crippen LogP contribution is -2.36. The predicted molar refractivity (Wildman–Crippen MR) is 94.7 cm³/mol. The highest BCUT2D eigenvalue weighted by Gasteiger charge is 2.17. The summed E-state index contributed by atoms with van der Waals surface area (Å²) in [6, 6.07) is 0. The first-order chi connectivity index (χ1) is 10.4. The van der Waals surface area contributed by atoms with E-state index in [2.05, 4.69) is 58.7 Å². The van der Waals surface area contributed by atoms with Crippen LogP contribution in [0.25, 0.3) is 0 Å². The molecule has 0 saturated carbocycles. The lowest BCUT2D eigenvalue weighted by molar-refractivity contribution is 0.570. The number of nitrogens with one attached hydrogen (secondary N) is 2. The third-order valence-electron chi connectivity index (χ3n) is 3.03. The number of guanidine groups is 1. The summed E-state index contributed by atoms with van der Waals surface area (Å²) in [6.07, 6.45) is 1.89. The predicted octanol–water partition coefficient (Wildman–Crippen LogP) is 3.07. The summed E-state index contributed by atoms with van der Waals surface area (Å²) in [5.74, 6) is 0.764. The van der Waals surface area contributed by atoms with Crippen LogP contribution in [-0.2, 0) is 18.5 Å². The molecular weight excluding hydrogens is 314 g/mol. The Morgan fingerprint density at radius 3 is 2.41 bits per heavy atom. The zero-order valence-corrected chi connectivity index (χ0v) is 15.4. The Bertz CT molecular complexity index is 636. The Labute approximate surface area is 139 Å². The molecule has 0 bridgehead atoms. The highest BCUT2D eigenvalue weighted by Crippen LogP contribution is 2.23. The number of thiazole rings is 2. The van der Waals surface area contributed by atoms with Crippen molar-refractivity contribution < 1.29 is 0 Å². The lowest BCUT2D eigenvalue weighted by atomic mass is 9.93. The molecule has 7 heteroatoms. The van der Waals surface area contributed by atoms with Crippen molar-refractivity contribution in [3.8, 4) is 0 Å². The number of nitrogens with zero attached hydrogens (tertiary/aromatic N) is 3. The van der Waals surface area contributed by atoms with E-state index >= 15 is 0 Å². The second kappa shape index (κ2) is 7.19. The van der Waals surface area contributed by atoms with Gasteiger partial charge in [-0.15, -0.1) is 22.7 Å². The van der Waals surface area contributed by atoms with Crippen molar-refractivity contribution in [2.24, 2.45) is 4.99 Å². The van der Waals surface area contributed by atoms with Crippen LogP contribution in [0.4, 0.5) is 0 Å². The number of hydrogen-bond acceptors (Lipinski definition) is 5. The van der Waals surface area contributed by atoms with E-state index in [1.54, 1.807) is 29.7 Å². The van der Waals surface area contributed by atoms with Gasteiger partial charge in [0, 0.05) is 28.9 Å². The summed E-state index contributed by atoms with van der Waals surface area (Å²) in [5.41, 5.74) is 1.23. The molecule has 22 heavy (non-hydrogen) atoms. The Morgan fingerprint density at radius 2 is 1.91 bits per heavy atom. The van der Waals surface area contributed by atoms with E-state index in [0.717, 1.165) is 21.7 Å². The second-order valence-corrected chi connectivity index (χ2v) is 8.28. The molecule has 0 amide bonds. The third-order valence-corrected chi connectivity index (χ3v) is 4.79. The molecule has 2 rings (SSSR count). The molecule has 0 unspecified atom stereocenters. The molecule has 5 nitrogen and oxygen atoms in total. The highest BCUT2D eigenvalue weighted by molar-refractivity contribution is 7.11. The number of aliphatic imine (C=N–C) groups is 1. The Hall–Kier alpha value is -1.47. The number of aryl methyl sites for hydroxylation is 1. The van der Waals surface area contributed by atoms with Crippen molar-refractivity contribution in [2.75, 3.05) is 7.05 Å². The number of rotatable bonds is 4. The van der Waals surface area contributed by atoms with Crippen molar-refractivity contribution in [1.29, 1.82) is 0 Å². The van der Waals surface area contributed by atoms with Crippen LogP contribution in [0.5, 0.6) is 0 Å². The molecule has 2 aromatic rings. The summed E-state index contributed by atoms with van der Waals surface area (Å²) < 4.78 is 0. The highest BCUT2D eigenvalue weighted by atomic mass is 32.1. The molecule has 0 aliphatic heterocycles. The summed E-state index contributed by atoms with van der Waals surface area (Å²) in [4.78, 5) is 14.5. The first-order valence-corrected chi connectivity index (χ1v) is 8.89. The average Bonchev–Trinajstić information content (AvgIpc) is 3.07. The van der Waals surface area contributed by atoms with Gasteiger partial charge in [0.1, 0.15) is 10.0 Å². The van der Waals surface area contributed by atoms with Crippen LogP contribution in [0.15, 0.2) is 16.6 Å².